The molecule has 2 aromatic rings. The summed E-state index contributed by atoms with van der Waals surface area (Å²) in [6, 6.07) is 11.7. The highest BCUT2D eigenvalue weighted by atomic mass is 32.2. The number of hydrogen-bond donors (Lipinski definition) is 1. The topological polar surface area (TPSA) is 107 Å². The molecule has 0 radical (unpaired) electrons. The minimum Gasteiger partial charge on any atom is -0.324 e. The maximum Gasteiger partial charge on any atom is 0.341 e. The van der Waals surface area contributed by atoms with E-state index in [4.69, 9.17) is 5.26 Å². The molecule has 0 aliphatic carbocycles. The second kappa shape index (κ2) is 8.81. The van der Waals surface area contributed by atoms with Gasteiger partial charge < -0.3 is 10.2 Å². The van der Waals surface area contributed by atoms with E-state index in [1.807, 2.05) is 6.07 Å². The molecule has 1 saturated heterocycles. The highest BCUT2D eigenvalue weighted by Gasteiger charge is 2.35. The van der Waals surface area contributed by atoms with Gasteiger partial charge in [-0.1, -0.05) is 0 Å². The van der Waals surface area contributed by atoms with E-state index >= 15 is 0 Å². The van der Waals surface area contributed by atoms with Crippen molar-refractivity contribution in [2.45, 2.75) is 16.7 Å². The lowest BCUT2D eigenvalue weighted by atomic mass is 10.1. The molecule has 3 rings (SSSR count). The third kappa shape index (κ3) is 4.44. The molecular formula is C19H15F2N3O4S2. The standard InChI is InChI=1S/C19H15F2N3O4S2/c20-19(21)30(27,28)15-7-3-13(4-8-15)18(26)24-11-29-10-16(24)17(25)23-14-5-1-12(9-22)2-6-14/h1-8,16,19H,10-11H2,(H,23,25). The van der Waals surface area contributed by atoms with Crippen LogP contribution in [0.1, 0.15) is 15.9 Å². The van der Waals surface area contributed by atoms with Crippen molar-refractivity contribution in [1.82, 2.24) is 4.90 Å². The normalized spacial score (nSPS) is 16.3. The summed E-state index contributed by atoms with van der Waals surface area (Å²) in [5, 5.41) is 11.5. The summed E-state index contributed by atoms with van der Waals surface area (Å²) >= 11 is 1.38. The Bertz CT molecular complexity index is 1100. The van der Waals surface area contributed by atoms with Crippen LogP contribution in [0.4, 0.5) is 14.5 Å². The van der Waals surface area contributed by atoms with Gasteiger partial charge in [0.25, 0.3) is 5.91 Å². The molecule has 1 aliphatic heterocycles. The number of nitriles is 1. The second-order valence-electron chi connectivity index (χ2n) is 6.30. The van der Waals surface area contributed by atoms with Crippen molar-refractivity contribution in [2.24, 2.45) is 0 Å². The minimum atomic E-state index is -4.75. The molecule has 30 heavy (non-hydrogen) atoms. The molecule has 2 aromatic carbocycles. The van der Waals surface area contributed by atoms with Crippen LogP contribution in [0, 0.1) is 11.3 Å². The van der Waals surface area contributed by atoms with Crippen LogP contribution in [0.15, 0.2) is 53.4 Å². The number of halogens is 2. The van der Waals surface area contributed by atoms with Gasteiger partial charge in [0.15, 0.2) is 0 Å². The molecule has 0 saturated carbocycles. The number of nitrogens with zero attached hydrogens (tertiary/aromatic N) is 2. The fraction of sp³-hybridized carbons (Fsp3) is 0.211. The van der Waals surface area contributed by atoms with Gasteiger partial charge in [0.05, 0.1) is 22.4 Å². The van der Waals surface area contributed by atoms with E-state index in [9.17, 15) is 26.8 Å². The van der Waals surface area contributed by atoms with Crippen molar-refractivity contribution in [3.05, 3.63) is 59.7 Å². The highest BCUT2D eigenvalue weighted by molar-refractivity contribution is 7.99. The molecule has 1 fully saturated rings. The van der Waals surface area contributed by atoms with Crippen LogP contribution < -0.4 is 5.32 Å². The van der Waals surface area contributed by atoms with Crippen molar-refractivity contribution < 1.29 is 26.8 Å². The lowest BCUT2D eigenvalue weighted by molar-refractivity contribution is -0.119. The van der Waals surface area contributed by atoms with E-state index in [0.717, 1.165) is 24.3 Å². The minimum absolute atomic E-state index is 0.0851. The number of nitrogens with one attached hydrogen (secondary N) is 1. The van der Waals surface area contributed by atoms with Crippen molar-refractivity contribution in [3.63, 3.8) is 0 Å². The van der Waals surface area contributed by atoms with Gasteiger partial charge in [-0.2, -0.15) is 14.0 Å². The molecule has 7 nitrogen and oxygen atoms in total. The Hall–Kier alpha value is -2.97. The number of benzene rings is 2. The SMILES string of the molecule is N#Cc1ccc(NC(=O)C2CSCN2C(=O)c2ccc(S(=O)(=O)C(F)F)cc2)cc1. The average molecular weight is 451 g/mol. The Morgan fingerprint density at radius 3 is 2.33 bits per heavy atom. The average Bonchev–Trinajstić information content (AvgIpc) is 3.24. The Kier molecular flexibility index (Phi) is 6.38. The van der Waals surface area contributed by atoms with Crippen LogP contribution in [0.3, 0.4) is 0 Å². The quantitative estimate of drug-likeness (QED) is 0.749. The fourth-order valence-electron chi connectivity index (χ4n) is 2.77. The zero-order valence-electron chi connectivity index (χ0n) is 15.3. The number of alkyl halides is 2. The van der Waals surface area contributed by atoms with Gasteiger partial charge in [0.2, 0.25) is 15.7 Å². The Morgan fingerprint density at radius 2 is 1.77 bits per heavy atom. The maximum atomic E-state index is 12.8. The monoisotopic (exact) mass is 451 g/mol. The summed E-state index contributed by atoms with van der Waals surface area (Å²) in [5.74, 6) is -3.85. The van der Waals surface area contributed by atoms with E-state index in [-0.39, 0.29) is 11.4 Å². The molecule has 1 heterocycles. The number of rotatable bonds is 5. The predicted molar refractivity (Wildman–Crippen MR) is 107 cm³/mol. The van der Waals surface area contributed by atoms with Gasteiger partial charge in [-0.05, 0) is 48.5 Å². The molecule has 0 bridgehead atoms. The molecule has 1 aliphatic rings. The number of amides is 2. The van der Waals surface area contributed by atoms with Gasteiger partial charge >= 0.3 is 5.76 Å². The predicted octanol–water partition coefficient (Wildman–Crippen LogP) is 2.71. The molecule has 0 spiro atoms. The first-order valence-corrected chi connectivity index (χ1v) is 11.3. The Morgan fingerprint density at radius 1 is 1.13 bits per heavy atom. The Balaban J connectivity index is 1.73. The molecule has 156 valence electrons. The molecule has 1 atom stereocenters. The van der Waals surface area contributed by atoms with Crippen molar-refractivity contribution in [3.8, 4) is 6.07 Å². The summed E-state index contributed by atoms with van der Waals surface area (Å²) in [4.78, 5) is 26.2. The molecule has 2 amide bonds. The zero-order chi connectivity index (χ0) is 21.9. The third-order valence-electron chi connectivity index (χ3n) is 4.39. The fourth-order valence-corrected chi connectivity index (χ4v) is 4.64. The van der Waals surface area contributed by atoms with E-state index in [1.54, 1.807) is 24.3 Å². The molecule has 1 N–H and O–H groups in total. The van der Waals surface area contributed by atoms with Crippen LogP contribution in [-0.4, -0.2) is 48.6 Å². The largest absolute Gasteiger partial charge is 0.341 e. The number of carbonyl (C=O) groups excluding carboxylic acids is 2. The summed E-state index contributed by atoms with van der Waals surface area (Å²) in [7, 11) is -4.75. The number of anilines is 1. The zero-order valence-corrected chi connectivity index (χ0v) is 16.9. The Labute approximate surface area is 175 Å². The molecule has 0 aromatic heterocycles. The molecule has 1 unspecified atom stereocenters. The maximum absolute atomic E-state index is 12.8. The van der Waals surface area contributed by atoms with Gasteiger partial charge in [-0.25, -0.2) is 8.42 Å². The first kappa shape index (κ1) is 21.7. The van der Waals surface area contributed by atoms with Gasteiger partial charge in [0.1, 0.15) is 6.04 Å². The van der Waals surface area contributed by atoms with Crippen LogP contribution in [0.2, 0.25) is 0 Å². The van der Waals surface area contributed by atoms with Crippen LogP contribution in [0.5, 0.6) is 0 Å². The van der Waals surface area contributed by atoms with Gasteiger partial charge in [-0.15, -0.1) is 11.8 Å². The lowest BCUT2D eigenvalue weighted by Gasteiger charge is -2.23. The number of thioether (sulfide) groups is 1. The van der Waals surface area contributed by atoms with Crippen molar-refractivity contribution in [1.29, 1.82) is 5.26 Å². The number of carbonyl (C=O) groups is 2. The number of hydrogen-bond acceptors (Lipinski definition) is 6. The van der Waals surface area contributed by atoms with Gasteiger partial charge in [-0.3, -0.25) is 9.59 Å². The van der Waals surface area contributed by atoms with Crippen LogP contribution in [0.25, 0.3) is 0 Å². The highest BCUT2D eigenvalue weighted by Crippen LogP contribution is 2.25. The molecule has 11 heteroatoms. The second-order valence-corrected chi connectivity index (χ2v) is 9.22. The lowest BCUT2D eigenvalue weighted by Crippen LogP contribution is -2.44. The van der Waals surface area contributed by atoms with E-state index in [2.05, 4.69) is 5.32 Å². The summed E-state index contributed by atoms with van der Waals surface area (Å²) in [6.07, 6.45) is 0. The first-order valence-electron chi connectivity index (χ1n) is 8.56. The summed E-state index contributed by atoms with van der Waals surface area (Å²) < 4.78 is 48.3. The van der Waals surface area contributed by atoms with E-state index in [1.165, 1.54) is 16.7 Å². The summed E-state index contributed by atoms with van der Waals surface area (Å²) in [6.45, 7) is 0. The third-order valence-corrected chi connectivity index (χ3v) is 6.80. The molecular weight excluding hydrogens is 436 g/mol. The van der Waals surface area contributed by atoms with Crippen LogP contribution in [-0.2, 0) is 14.6 Å². The van der Waals surface area contributed by atoms with Crippen molar-refractivity contribution in [2.75, 3.05) is 16.9 Å². The smallest absolute Gasteiger partial charge is 0.324 e. The summed E-state index contributed by atoms with van der Waals surface area (Å²) in [5.41, 5.74) is 1.00. The first-order chi connectivity index (χ1) is 14.2. The number of sulfone groups is 1. The van der Waals surface area contributed by atoms with E-state index < -0.39 is 38.3 Å². The van der Waals surface area contributed by atoms with Gasteiger partial charge in [0, 0.05) is 17.0 Å². The van der Waals surface area contributed by atoms with Crippen LogP contribution >= 0.6 is 11.8 Å². The van der Waals surface area contributed by atoms with E-state index in [0.29, 0.717) is 17.0 Å². The van der Waals surface area contributed by atoms with Crippen molar-refractivity contribution >= 4 is 39.1 Å².